The molecule has 0 bridgehead atoms. The van der Waals surface area contributed by atoms with Crippen LogP contribution >= 0.6 is 0 Å². The Morgan fingerprint density at radius 2 is 1.57 bits per heavy atom. The fraction of sp³-hybridized carbons (Fsp3) is 0.636. The van der Waals surface area contributed by atoms with Gasteiger partial charge in [-0.15, -0.1) is 0 Å². The molecule has 0 saturated heterocycles. The van der Waals surface area contributed by atoms with Crippen LogP contribution in [-0.4, -0.2) is 66.4 Å². The zero-order valence-corrected chi connectivity index (χ0v) is 22.1. The van der Waals surface area contributed by atoms with Gasteiger partial charge in [0.15, 0.2) is 0 Å². The number of rotatable bonds is 7. The minimum absolute atomic E-state index is 0.145. The van der Waals surface area contributed by atoms with Gasteiger partial charge >= 0.3 is 175 Å². The molecule has 1 amide bonds. The summed E-state index contributed by atoms with van der Waals surface area (Å²) in [5, 5.41) is 3.02. The van der Waals surface area contributed by atoms with Crippen LogP contribution in [0.5, 0.6) is 0 Å². The van der Waals surface area contributed by atoms with Crippen molar-refractivity contribution < 1.29 is 14.3 Å². The van der Waals surface area contributed by atoms with Crippen LogP contribution in [0.2, 0.25) is 14.8 Å². The van der Waals surface area contributed by atoms with E-state index in [2.05, 4.69) is 44.4 Å². The Morgan fingerprint density at radius 3 is 1.96 bits per heavy atom. The maximum absolute atomic E-state index is 12.9. The fourth-order valence-electron chi connectivity index (χ4n) is 2.80. The van der Waals surface area contributed by atoms with Gasteiger partial charge in [0.2, 0.25) is 0 Å². The van der Waals surface area contributed by atoms with E-state index in [1.54, 1.807) is 14.1 Å². The average molecular weight is 497 g/mol. The third kappa shape index (κ3) is 7.07. The van der Waals surface area contributed by atoms with E-state index in [0.717, 1.165) is 5.56 Å². The quantitative estimate of drug-likeness (QED) is 0.465. The molecule has 0 aliphatic carbocycles. The number of ether oxygens (including phenoxy) is 1. The van der Waals surface area contributed by atoms with E-state index < -0.39 is 35.6 Å². The number of carbonyl (C=O) groups is 2. The second kappa shape index (κ2) is 9.16. The van der Waals surface area contributed by atoms with Gasteiger partial charge in [-0.3, -0.25) is 0 Å². The Bertz CT molecular complexity index is 685. The maximum atomic E-state index is 12.9. The SMILES string of the molecule is CNC(C)(C)C(=O)N(C)C(Cc1cc[c]([Sn]([CH3])([CH3])[CH3])cc1)C(=O)OC(C)(C)C. The van der Waals surface area contributed by atoms with Crippen LogP contribution in [0.1, 0.15) is 40.2 Å². The van der Waals surface area contributed by atoms with Crippen LogP contribution in [0.25, 0.3) is 0 Å². The first-order chi connectivity index (χ1) is 12.6. The van der Waals surface area contributed by atoms with E-state index in [-0.39, 0.29) is 11.9 Å². The monoisotopic (exact) mass is 498 g/mol. The van der Waals surface area contributed by atoms with Gasteiger partial charge in [-0.2, -0.15) is 0 Å². The molecule has 1 rings (SSSR count). The second-order valence-corrected chi connectivity index (χ2v) is 24.5. The molecule has 5 nitrogen and oxygen atoms in total. The number of hydrogen-bond acceptors (Lipinski definition) is 4. The fourth-order valence-corrected chi connectivity index (χ4v) is 6.13. The van der Waals surface area contributed by atoms with E-state index in [4.69, 9.17) is 4.74 Å². The molecule has 0 fully saturated rings. The molecule has 1 aromatic carbocycles. The molecular weight excluding hydrogens is 459 g/mol. The summed E-state index contributed by atoms with van der Waals surface area (Å²) in [5.41, 5.74) is -0.348. The summed E-state index contributed by atoms with van der Waals surface area (Å²) >= 11 is -2.12. The minimum atomic E-state index is -2.12. The number of hydrogen-bond donors (Lipinski definition) is 1. The predicted octanol–water partition coefficient (Wildman–Crippen LogP) is 2.94. The number of nitrogens with one attached hydrogen (secondary N) is 1. The van der Waals surface area contributed by atoms with Gasteiger partial charge in [-0.25, -0.2) is 0 Å². The Hall–Kier alpha value is -1.08. The Labute approximate surface area is 175 Å². The summed E-state index contributed by atoms with van der Waals surface area (Å²) in [6.45, 7) is 9.14. The number of esters is 1. The number of likely N-dealkylation sites (N-methyl/N-ethyl adjacent to an activating group) is 2. The molecule has 0 saturated carbocycles. The van der Waals surface area contributed by atoms with Gasteiger partial charge < -0.3 is 0 Å². The summed E-state index contributed by atoms with van der Waals surface area (Å²) < 4.78 is 7.06. The van der Waals surface area contributed by atoms with Crippen molar-refractivity contribution in [1.29, 1.82) is 0 Å². The molecule has 1 atom stereocenters. The molecule has 1 unspecified atom stereocenters. The Kier molecular flexibility index (Phi) is 8.16. The third-order valence-electron chi connectivity index (χ3n) is 4.88. The molecule has 158 valence electrons. The topological polar surface area (TPSA) is 58.6 Å². The molecular formula is C22H38N2O3Sn. The molecule has 0 aliphatic heterocycles. The number of benzene rings is 1. The van der Waals surface area contributed by atoms with E-state index in [1.807, 2.05) is 34.6 Å². The van der Waals surface area contributed by atoms with E-state index >= 15 is 0 Å². The first-order valence-corrected chi connectivity index (χ1v) is 19.9. The van der Waals surface area contributed by atoms with Crippen molar-refractivity contribution >= 4 is 33.8 Å². The van der Waals surface area contributed by atoms with Crippen LogP contribution in [-0.2, 0) is 20.7 Å². The predicted molar refractivity (Wildman–Crippen MR) is 119 cm³/mol. The van der Waals surface area contributed by atoms with Crippen molar-refractivity contribution in [3.63, 3.8) is 0 Å². The normalized spacial score (nSPS) is 13.8. The zero-order valence-electron chi connectivity index (χ0n) is 19.3. The first-order valence-electron chi connectivity index (χ1n) is 9.87. The zero-order chi connectivity index (χ0) is 21.9. The van der Waals surface area contributed by atoms with Crippen molar-refractivity contribution in [1.82, 2.24) is 10.2 Å². The Morgan fingerprint density at radius 1 is 1.07 bits per heavy atom. The molecule has 1 N–H and O–H groups in total. The molecule has 0 heterocycles. The summed E-state index contributed by atoms with van der Waals surface area (Å²) in [7, 11) is 3.42. The number of nitrogens with zero attached hydrogens (tertiary/aromatic N) is 1. The van der Waals surface area contributed by atoms with Crippen LogP contribution in [0.15, 0.2) is 24.3 Å². The van der Waals surface area contributed by atoms with Gasteiger partial charge in [0.05, 0.1) is 0 Å². The van der Waals surface area contributed by atoms with Crippen molar-refractivity contribution in [2.45, 2.75) is 73.0 Å². The first kappa shape index (κ1) is 25.0. The van der Waals surface area contributed by atoms with Crippen molar-refractivity contribution in [3.8, 4) is 0 Å². The molecule has 28 heavy (non-hydrogen) atoms. The van der Waals surface area contributed by atoms with E-state index in [0.29, 0.717) is 6.42 Å². The van der Waals surface area contributed by atoms with Crippen LogP contribution in [0, 0.1) is 0 Å². The van der Waals surface area contributed by atoms with Crippen LogP contribution in [0.3, 0.4) is 0 Å². The van der Waals surface area contributed by atoms with E-state index in [9.17, 15) is 9.59 Å². The van der Waals surface area contributed by atoms with Crippen molar-refractivity contribution in [2.24, 2.45) is 0 Å². The average Bonchev–Trinajstić information content (AvgIpc) is 2.56. The third-order valence-corrected chi connectivity index (χ3v) is 10.8. The van der Waals surface area contributed by atoms with Gasteiger partial charge in [-0.1, -0.05) is 0 Å². The van der Waals surface area contributed by atoms with Crippen molar-refractivity contribution in [3.05, 3.63) is 29.8 Å². The summed E-state index contributed by atoms with van der Waals surface area (Å²) in [6, 6.07) is 7.84. The van der Waals surface area contributed by atoms with Gasteiger partial charge in [0.1, 0.15) is 0 Å². The van der Waals surface area contributed by atoms with Gasteiger partial charge in [0, 0.05) is 0 Å². The Balaban J connectivity index is 3.17. The summed E-state index contributed by atoms with van der Waals surface area (Å²) in [4.78, 5) is 34.5. The van der Waals surface area contributed by atoms with Gasteiger partial charge in [-0.05, 0) is 0 Å². The molecule has 0 radical (unpaired) electrons. The molecule has 1 aromatic rings. The van der Waals surface area contributed by atoms with Crippen LogP contribution in [0.4, 0.5) is 0 Å². The molecule has 0 spiro atoms. The molecule has 0 aliphatic rings. The summed E-state index contributed by atoms with van der Waals surface area (Å²) in [5.74, 6) is -0.525. The summed E-state index contributed by atoms with van der Waals surface area (Å²) in [6.07, 6.45) is 0.427. The van der Waals surface area contributed by atoms with Crippen molar-refractivity contribution in [2.75, 3.05) is 14.1 Å². The molecule has 6 heteroatoms. The van der Waals surface area contributed by atoms with Gasteiger partial charge in [0.25, 0.3) is 0 Å². The second-order valence-electron chi connectivity index (χ2n) is 9.99. The standard InChI is InChI=1S/C19H29N2O3.3CH3.Sn/c1-18(2,3)24-16(22)15(13-14-11-9-8-10-12-14)21(7)17(23)19(4,5)20-6;;;;/h9-12,15,20H,13H2,1-7H3;3*1H3;. The van der Waals surface area contributed by atoms with E-state index in [1.165, 1.54) is 8.48 Å². The number of amides is 1. The number of carbonyl (C=O) groups excluding carboxylic acids is 2. The van der Waals surface area contributed by atoms with Crippen LogP contribution < -0.4 is 8.90 Å². The molecule has 0 aromatic heterocycles.